The van der Waals surface area contributed by atoms with Crippen LogP contribution in [0.4, 0.5) is 0 Å². The molecule has 4 rings (SSSR count). The number of fused-ring (bicyclic) bond motifs is 1. The van der Waals surface area contributed by atoms with Crippen LogP contribution in [0.25, 0.3) is 11.3 Å². The van der Waals surface area contributed by atoms with Crippen molar-refractivity contribution in [1.29, 1.82) is 5.26 Å². The minimum absolute atomic E-state index is 0.0330. The van der Waals surface area contributed by atoms with Gasteiger partial charge in [-0.05, 0) is 43.4 Å². The van der Waals surface area contributed by atoms with Crippen molar-refractivity contribution in [2.75, 3.05) is 19.3 Å². The summed E-state index contributed by atoms with van der Waals surface area (Å²) in [7, 11) is 2.05. The maximum atomic E-state index is 12.6. The summed E-state index contributed by atoms with van der Waals surface area (Å²) in [6.07, 6.45) is 2.40. The van der Waals surface area contributed by atoms with Gasteiger partial charge in [0.1, 0.15) is 16.9 Å². The highest BCUT2D eigenvalue weighted by Crippen LogP contribution is 2.37. The third-order valence-corrected chi connectivity index (χ3v) is 6.12. The molecule has 0 unspecified atom stereocenters. The average molecular weight is 424 g/mol. The minimum Gasteiger partial charge on any atom is -0.464 e. The van der Waals surface area contributed by atoms with E-state index in [1.807, 2.05) is 19.2 Å². The Bertz CT molecular complexity index is 1090. The predicted octanol–water partition coefficient (Wildman–Crippen LogP) is 4.83. The zero-order valence-corrected chi connectivity index (χ0v) is 17.4. The number of thioether (sulfide) groups is 1. The number of halogens is 1. The first-order valence-corrected chi connectivity index (χ1v) is 10.5. The Kier molecular flexibility index (Phi) is 5.72. The zero-order chi connectivity index (χ0) is 20.4. The van der Waals surface area contributed by atoms with Crippen molar-refractivity contribution < 1.29 is 9.21 Å². The number of likely N-dealkylation sites (N-methyl/N-ethyl adjacent to an activating group) is 1. The lowest BCUT2D eigenvalue weighted by Gasteiger charge is -2.27. The van der Waals surface area contributed by atoms with E-state index < -0.39 is 0 Å². The summed E-state index contributed by atoms with van der Waals surface area (Å²) < 4.78 is 5.64. The smallest absolute Gasteiger partial charge is 0.173 e. The molecule has 7 heteroatoms. The molecule has 5 nitrogen and oxygen atoms in total. The van der Waals surface area contributed by atoms with Crippen LogP contribution in [0.15, 0.2) is 52.1 Å². The fourth-order valence-electron chi connectivity index (χ4n) is 3.42. The summed E-state index contributed by atoms with van der Waals surface area (Å²) in [6, 6.07) is 12.8. The SMILES string of the molecule is CN1CCc2nc(SCC(=O)c3ccc(Cl)cc3)c(C#N)c(-c3ccco3)c2C1. The monoisotopic (exact) mass is 423 g/mol. The second-order valence-corrected chi connectivity index (χ2v) is 8.29. The van der Waals surface area contributed by atoms with E-state index in [1.54, 1.807) is 30.5 Å². The molecule has 0 aliphatic carbocycles. The number of pyridine rings is 1. The zero-order valence-electron chi connectivity index (χ0n) is 15.8. The third-order valence-electron chi connectivity index (χ3n) is 4.89. The van der Waals surface area contributed by atoms with Crippen LogP contribution in [0.5, 0.6) is 0 Å². The molecule has 0 spiro atoms. The van der Waals surface area contributed by atoms with Gasteiger partial charge in [-0.1, -0.05) is 23.4 Å². The van der Waals surface area contributed by atoms with Gasteiger partial charge in [-0.15, -0.1) is 0 Å². The standard InChI is InChI=1S/C22H18ClN3O2S/c1-26-9-8-18-17(12-26)21(20-3-2-10-28-20)16(11-24)22(25-18)29-13-19(27)14-4-6-15(23)7-5-14/h2-7,10H,8-9,12-13H2,1H3. The lowest BCUT2D eigenvalue weighted by molar-refractivity contribution is 0.102. The number of aromatic nitrogens is 1. The normalized spacial score (nSPS) is 13.7. The largest absolute Gasteiger partial charge is 0.464 e. The van der Waals surface area contributed by atoms with Gasteiger partial charge in [-0.2, -0.15) is 5.26 Å². The lowest BCUT2D eigenvalue weighted by atomic mass is 9.95. The first-order chi connectivity index (χ1) is 14.1. The Morgan fingerprint density at radius 3 is 2.83 bits per heavy atom. The van der Waals surface area contributed by atoms with Gasteiger partial charge in [-0.25, -0.2) is 4.98 Å². The van der Waals surface area contributed by atoms with E-state index in [9.17, 15) is 10.1 Å². The summed E-state index contributed by atoms with van der Waals surface area (Å²) in [5, 5.41) is 11.1. The van der Waals surface area contributed by atoms with Crippen molar-refractivity contribution >= 4 is 29.1 Å². The molecule has 0 saturated carbocycles. The quantitative estimate of drug-likeness (QED) is 0.432. The van der Waals surface area contributed by atoms with E-state index in [-0.39, 0.29) is 11.5 Å². The van der Waals surface area contributed by atoms with Gasteiger partial charge < -0.3 is 9.32 Å². The maximum Gasteiger partial charge on any atom is 0.173 e. The van der Waals surface area contributed by atoms with Crippen LogP contribution in [-0.2, 0) is 13.0 Å². The minimum atomic E-state index is -0.0330. The molecule has 29 heavy (non-hydrogen) atoms. The van der Waals surface area contributed by atoms with Crippen molar-refractivity contribution in [3.05, 3.63) is 70.1 Å². The van der Waals surface area contributed by atoms with Gasteiger partial charge in [0.2, 0.25) is 0 Å². The molecule has 146 valence electrons. The molecular formula is C22H18ClN3O2S. The van der Waals surface area contributed by atoms with Gasteiger partial charge in [0, 0.05) is 46.9 Å². The molecule has 0 N–H and O–H groups in total. The molecule has 0 bridgehead atoms. The third kappa shape index (κ3) is 4.08. The summed E-state index contributed by atoms with van der Waals surface area (Å²) >= 11 is 7.19. The second-order valence-electron chi connectivity index (χ2n) is 6.89. The molecule has 2 aromatic heterocycles. The van der Waals surface area contributed by atoms with E-state index in [2.05, 4.69) is 11.0 Å². The molecule has 1 aliphatic rings. The van der Waals surface area contributed by atoms with Gasteiger partial charge in [0.05, 0.1) is 17.6 Å². The Morgan fingerprint density at radius 1 is 1.34 bits per heavy atom. The highest BCUT2D eigenvalue weighted by Gasteiger charge is 2.26. The predicted molar refractivity (Wildman–Crippen MR) is 113 cm³/mol. The first-order valence-electron chi connectivity index (χ1n) is 9.16. The number of Topliss-reactive ketones (excluding diaryl/α,β-unsaturated/α-hetero) is 1. The number of carbonyl (C=O) groups excluding carboxylic acids is 1. The number of rotatable bonds is 5. The van der Waals surface area contributed by atoms with Gasteiger partial charge in [-0.3, -0.25) is 4.79 Å². The Hall–Kier alpha value is -2.59. The van der Waals surface area contributed by atoms with Crippen LogP contribution in [0.3, 0.4) is 0 Å². The van der Waals surface area contributed by atoms with Crippen molar-refractivity contribution in [1.82, 2.24) is 9.88 Å². The van der Waals surface area contributed by atoms with E-state index in [1.165, 1.54) is 11.8 Å². The molecule has 0 fully saturated rings. The molecule has 0 saturated heterocycles. The van der Waals surface area contributed by atoms with Crippen LogP contribution in [0, 0.1) is 11.3 Å². The first kappa shape index (κ1) is 19.7. The maximum absolute atomic E-state index is 12.6. The number of hydrogen-bond donors (Lipinski definition) is 0. The molecular weight excluding hydrogens is 406 g/mol. The number of hydrogen-bond acceptors (Lipinski definition) is 6. The molecule has 1 aromatic carbocycles. The van der Waals surface area contributed by atoms with Crippen LogP contribution >= 0.6 is 23.4 Å². The van der Waals surface area contributed by atoms with Crippen molar-refractivity contribution in [3.8, 4) is 17.4 Å². The Labute approximate surface area is 178 Å². The lowest BCUT2D eigenvalue weighted by Crippen LogP contribution is -2.28. The molecule has 0 amide bonds. The van der Waals surface area contributed by atoms with Crippen molar-refractivity contribution in [2.45, 2.75) is 18.0 Å². The number of nitriles is 1. The van der Waals surface area contributed by atoms with Gasteiger partial charge in [0.15, 0.2) is 5.78 Å². The molecule has 3 heterocycles. The number of ketones is 1. The molecule has 1 aliphatic heterocycles. The summed E-state index contributed by atoms with van der Waals surface area (Å²) in [5.74, 6) is 0.815. The number of nitrogens with zero attached hydrogens (tertiary/aromatic N) is 3. The van der Waals surface area contributed by atoms with E-state index in [4.69, 9.17) is 21.0 Å². The topological polar surface area (TPSA) is 70.1 Å². The highest BCUT2D eigenvalue weighted by atomic mass is 35.5. The highest BCUT2D eigenvalue weighted by molar-refractivity contribution is 8.00. The summed E-state index contributed by atoms with van der Waals surface area (Å²) in [6.45, 7) is 1.61. The van der Waals surface area contributed by atoms with Crippen LogP contribution < -0.4 is 0 Å². The fourth-order valence-corrected chi connectivity index (χ4v) is 4.45. The van der Waals surface area contributed by atoms with Crippen LogP contribution in [-0.4, -0.2) is 35.0 Å². The van der Waals surface area contributed by atoms with Crippen LogP contribution in [0.1, 0.15) is 27.2 Å². The molecule has 3 aromatic rings. The van der Waals surface area contributed by atoms with E-state index in [0.717, 1.165) is 29.8 Å². The Balaban J connectivity index is 1.70. The van der Waals surface area contributed by atoms with Gasteiger partial charge >= 0.3 is 0 Å². The Morgan fingerprint density at radius 2 is 2.14 bits per heavy atom. The average Bonchev–Trinajstić information content (AvgIpc) is 3.25. The summed E-state index contributed by atoms with van der Waals surface area (Å²) in [4.78, 5) is 19.5. The van der Waals surface area contributed by atoms with Crippen molar-refractivity contribution in [3.63, 3.8) is 0 Å². The second kappa shape index (κ2) is 8.42. The van der Waals surface area contributed by atoms with E-state index in [0.29, 0.717) is 33.5 Å². The van der Waals surface area contributed by atoms with Crippen LogP contribution in [0.2, 0.25) is 5.02 Å². The number of carbonyl (C=O) groups is 1. The summed E-state index contributed by atoms with van der Waals surface area (Å²) in [5.41, 5.74) is 3.83. The van der Waals surface area contributed by atoms with Gasteiger partial charge in [0.25, 0.3) is 0 Å². The molecule has 0 atom stereocenters. The van der Waals surface area contributed by atoms with E-state index >= 15 is 0 Å². The fraction of sp³-hybridized carbons (Fsp3) is 0.227. The number of furan rings is 1. The number of benzene rings is 1. The van der Waals surface area contributed by atoms with Crippen molar-refractivity contribution in [2.24, 2.45) is 0 Å². The molecule has 0 radical (unpaired) electrons.